The van der Waals surface area contributed by atoms with Crippen LogP contribution in [0.5, 0.6) is 0 Å². The average Bonchev–Trinajstić information content (AvgIpc) is 3.30. The van der Waals surface area contributed by atoms with E-state index in [1.165, 1.54) is 22.3 Å². The summed E-state index contributed by atoms with van der Waals surface area (Å²) in [5.41, 5.74) is 5.11. The molecule has 0 bridgehead atoms. The molecule has 0 radical (unpaired) electrons. The van der Waals surface area contributed by atoms with Crippen molar-refractivity contribution in [2.45, 2.75) is 30.8 Å². The number of aliphatic hydroxyl groups is 1. The lowest BCUT2D eigenvalue weighted by Crippen LogP contribution is -2.26. The van der Waals surface area contributed by atoms with E-state index in [9.17, 15) is 9.90 Å². The second-order valence-electron chi connectivity index (χ2n) is 7.72. The summed E-state index contributed by atoms with van der Waals surface area (Å²) in [4.78, 5) is 12.2. The molecule has 2 N–H and O–H groups in total. The maximum Gasteiger partial charge on any atom is 0.407 e. The maximum absolute atomic E-state index is 12.2. The van der Waals surface area contributed by atoms with Crippen LogP contribution in [-0.4, -0.2) is 39.4 Å². The van der Waals surface area contributed by atoms with Gasteiger partial charge in [0.1, 0.15) is 12.3 Å². The summed E-state index contributed by atoms with van der Waals surface area (Å²) in [6.07, 6.45) is 3.08. The molecule has 5 rings (SSSR count). The monoisotopic (exact) mass is 390 g/mol. The van der Waals surface area contributed by atoms with Crippen LogP contribution in [0.15, 0.2) is 54.7 Å². The Hall–Kier alpha value is -3.19. The number of rotatable bonds is 6. The largest absolute Gasteiger partial charge is 0.449 e. The lowest BCUT2D eigenvalue weighted by atomic mass is 9.98. The number of hydrogen-bond acceptors (Lipinski definition) is 5. The maximum atomic E-state index is 12.2. The van der Waals surface area contributed by atoms with E-state index in [1.807, 2.05) is 24.3 Å². The van der Waals surface area contributed by atoms with E-state index in [2.05, 4.69) is 39.9 Å². The number of fused-ring (bicyclic) bond motifs is 3. The second-order valence-corrected chi connectivity index (χ2v) is 7.72. The van der Waals surface area contributed by atoms with Crippen molar-refractivity contribution in [1.82, 2.24) is 20.3 Å². The van der Waals surface area contributed by atoms with Crippen molar-refractivity contribution < 1.29 is 14.6 Å². The summed E-state index contributed by atoms with van der Waals surface area (Å²) < 4.78 is 7.22. The lowest BCUT2D eigenvalue weighted by Gasteiger charge is -2.14. The fourth-order valence-electron chi connectivity index (χ4n) is 4.03. The van der Waals surface area contributed by atoms with Crippen LogP contribution < -0.4 is 5.32 Å². The van der Waals surface area contributed by atoms with E-state index in [0.29, 0.717) is 5.69 Å². The molecular formula is C22H22N4O3. The molecule has 0 spiro atoms. The van der Waals surface area contributed by atoms with Crippen molar-refractivity contribution in [3.8, 4) is 11.1 Å². The van der Waals surface area contributed by atoms with Crippen molar-refractivity contribution >= 4 is 6.09 Å². The van der Waals surface area contributed by atoms with Gasteiger partial charge in [-0.2, -0.15) is 0 Å². The van der Waals surface area contributed by atoms with Crippen LogP contribution in [0.4, 0.5) is 4.79 Å². The molecule has 0 atom stereocenters. The first kappa shape index (κ1) is 17.9. The fourth-order valence-corrected chi connectivity index (χ4v) is 4.03. The summed E-state index contributed by atoms with van der Waals surface area (Å²) in [5.74, 6) is 0.0355. The third-order valence-corrected chi connectivity index (χ3v) is 5.91. The van der Waals surface area contributed by atoms with E-state index < -0.39 is 6.09 Å². The summed E-state index contributed by atoms with van der Waals surface area (Å²) in [6.45, 7) is 0.563. The smallest absolute Gasteiger partial charge is 0.407 e. The van der Waals surface area contributed by atoms with Gasteiger partial charge in [-0.25, -0.2) is 9.48 Å². The highest BCUT2D eigenvalue weighted by atomic mass is 16.5. The predicted octanol–water partition coefficient (Wildman–Crippen LogP) is 2.80. The number of carbonyl (C=O) groups is 1. The summed E-state index contributed by atoms with van der Waals surface area (Å²) >= 11 is 0. The van der Waals surface area contributed by atoms with Gasteiger partial charge in [0.05, 0.1) is 24.9 Å². The Balaban J connectivity index is 1.21. The van der Waals surface area contributed by atoms with Crippen LogP contribution in [0.3, 0.4) is 0 Å². The molecule has 29 heavy (non-hydrogen) atoms. The molecule has 1 aromatic heterocycles. The van der Waals surface area contributed by atoms with Gasteiger partial charge in [-0.05, 0) is 35.1 Å². The number of alkyl carbamates (subject to hydrolysis) is 1. The van der Waals surface area contributed by atoms with Gasteiger partial charge in [-0.3, -0.25) is 0 Å². The Bertz CT molecular complexity index is 1010. The molecule has 0 aliphatic heterocycles. The normalized spacial score (nSPS) is 16.2. The molecule has 1 amide bonds. The highest BCUT2D eigenvalue weighted by molar-refractivity contribution is 5.79. The van der Waals surface area contributed by atoms with Gasteiger partial charge in [-0.1, -0.05) is 53.7 Å². The molecule has 1 heterocycles. The zero-order valence-corrected chi connectivity index (χ0v) is 15.9. The molecule has 7 nitrogen and oxygen atoms in total. The number of nitrogens with one attached hydrogen (secondary N) is 1. The molecule has 3 aromatic rings. The average molecular weight is 390 g/mol. The first-order valence-electron chi connectivity index (χ1n) is 9.82. The molecule has 0 unspecified atom stereocenters. The molecule has 2 aromatic carbocycles. The molecular weight excluding hydrogens is 368 g/mol. The highest BCUT2D eigenvalue weighted by Crippen LogP contribution is 2.44. The molecule has 1 saturated carbocycles. The Morgan fingerprint density at radius 3 is 2.41 bits per heavy atom. The molecule has 2 aliphatic rings. The van der Waals surface area contributed by atoms with E-state index in [-0.39, 0.29) is 31.2 Å². The van der Waals surface area contributed by atoms with E-state index in [4.69, 9.17) is 4.74 Å². The highest BCUT2D eigenvalue weighted by Gasteiger charge is 2.45. The Labute approximate surface area is 168 Å². The van der Waals surface area contributed by atoms with Gasteiger partial charge in [0.15, 0.2) is 0 Å². The van der Waals surface area contributed by atoms with E-state index in [0.717, 1.165) is 12.8 Å². The van der Waals surface area contributed by atoms with Gasteiger partial charge < -0.3 is 15.2 Å². The van der Waals surface area contributed by atoms with Crippen LogP contribution in [-0.2, 0) is 16.8 Å². The molecule has 2 aliphatic carbocycles. The quantitative estimate of drug-likeness (QED) is 0.676. The third kappa shape index (κ3) is 3.17. The zero-order valence-electron chi connectivity index (χ0n) is 15.9. The zero-order chi connectivity index (χ0) is 19.8. The number of aliphatic hydroxyl groups excluding tert-OH is 1. The Morgan fingerprint density at radius 1 is 1.14 bits per heavy atom. The van der Waals surface area contributed by atoms with Gasteiger partial charge in [0.2, 0.25) is 0 Å². The Kier molecular flexibility index (Phi) is 4.32. The van der Waals surface area contributed by atoms with E-state index >= 15 is 0 Å². The summed E-state index contributed by atoms with van der Waals surface area (Å²) in [5, 5.41) is 20.4. The molecule has 7 heteroatoms. The minimum atomic E-state index is -0.482. The lowest BCUT2D eigenvalue weighted by molar-refractivity contribution is 0.142. The topological polar surface area (TPSA) is 89.3 Å². The number of nitrogens with zero attached hydrogens (tertiary/aromatic N) is 3. The van der Waals surface area contributed by atoms with Crippen LogP contribution in [0.25, 0.3) is 11.1 Å². The van der Waals surface area contributed by atoms with Crippen molar-refractivity contribution in [3.63, 3.8) is 0 Å². The second kappa shape index (κ2) is 7.00. The number of amides is 1. The van der Waals surface area contributed by atoms with Gasteiger partial charge in [0, 0.05) is 5.92 Å². The van der Waals surface area contributed by atoms with Crippen molar-refractivity contribution in [2.24, 2.45) is 0 Å². The molecule has 148 valence electrons. The first-order valence-corrected chi connectivity index (χ1v) is 9.82. The molecule has 0 saturated heterocycles. The standard InChI is InChI=1S/C22H22N4O3/c27-14-22(9-10-22)26-12-15(24-25-26)11-23-21(28)29-13-20-18-7-3-1-5-16(18)17-6-2-4-8-19(17)20/h1-8,12,20,27H,9-11,13-14H2,(H,23,28). The van der Waals surface area contributed by atoms with Gasteiger partial charge >= 0.3 is 6.09 Å². The number of benzene rings is 2. The van der Waals surface area contributed by atoms with Crippen molar-refractivity contribution in [2.75, 3.05) is 13.2 Å². The number of ether oxygens (including phenoxy) is 1. The minimum absolute atomic E-state index is 0.0355. The van der Waals surface area contributed by atoms with Crippen LogP contribution in [0.1, 0.15) is 35.6 Å². The van der Waals surface area contributed by atoms with Crippen molar-refractivity contribution in [3.05, 3.63) is 71.5 Å². The predicted molar refractivity (Wildman–Crippen MR) is 106 cm³/mol. The Morgan fingerprint density at radius 2 is 1.79 bits per heavy atom. The minimum Gasteiger partial charge on any atom is -0.449 e. The first-order chi connectivity index (χ1) is 14.2. The summed E-state index contributed by atoms with van der Waals surface area (Å²) in [7, 11) is 0. The summed E-state index contributed by atoms with van der Waals surface area (Å²) in [6, 6.07) is 16.5. The third-order valence-electron chi connectivity index (χ3n) is 5.91. The fraction of sp³-hybridized carbons (Fsp3) is 0.318. The van der Waals surface area contributed by atoms with Crippen LogP contribution >= 0.6 is 0 Å². The van der Waals surface area contributed by atoms with Gasteiger partial charge in [-0.15, -0.1) is 5.10 Å². The van der Waals surface area contributed by atoms with Crippen molar-refractivity contribution in [1.29, 1.82) is 0 Å². The number of aromatic nitrogens is 3. The van der Waals surface area contributed by atoms with Crippen LogP contribution in [0.2, 0.25) is 0 Å². The molecule has 1 fully saturated rings. The SMILES string of the molecule is O=C(NCc1cn(C2(CO)CC2)nn1)OCC1c2ccccc2-c2ccccc21. The van der Waals surface area contributed by atoms with Crippen LogP contribution in [0, 0.1) is 0 Å². The van der Waals surface area contributed by atoms with Gasteiger partial charge in [0.25, 0.3) is 0 Å². The van der Waals surface area contributed by atoms with E-state index in [1.54, 1.807) is 10.9 Å². The number of carbonyl (C=O) groups excluding carboxylic acids is 1. The number of hydrogen-bond donors (Lipinski definition) is 2.